The fraction of sp³-hybridized carbons (Fsp3) is 1.00. The molecule has 1 aliphatic carbocycles. The first kappa shape index (κ1) is 15.2. The lowest BCUT2D eigenvalue weighted by molar-refractivity contribution is -0.205. The third-order valence-electron chi connectivity index (χ3n) is 4.27. The van der Waals surface area contributed by atoms with Gasteiger partial charge in [0.1, 0.15) is 0 Å². The summed E-state index contributed by atoms with van der Waals surface area (Å²) in [6.07, 6.45) is 5.97. The highest BCUT2D eigenvalue weighted by Crippen LogP contribution is 2.43. The molecule has 0 spiro atoms. The summed E-state index contributed by atoms with van der Waals surface area (Å²) < 4.78 is 12.6. The second-order valence-corrected chi connectivity index (χ2v) is 11.5. The molecule has 0 heterocycles. The predicted octanol–water partition coefficient (Wildman–Crippen LogP) is 4.71. The Hall–Kier alpha value is 0.137. The van der Waals surface area contributed by atoms with E-state index in [9.17, 15) is 0 Å². The van der Waals surface area contributed by atoms with Crippen LogP contribution < -0.4 is 0 Å². The minimum absolute atomic E-state index is 0.258. The van der Waals surface area contributed by atoms with Crippen molar-refractivity contribution in [1.82, 2.24) is 0 Å². The molecule has 0 atom stereocenters. The summed E-state index contributed by atoms with van der Waals surface area (Å²) in [4.78, 5) is 0. The van der Waals surface area contributed by atoms with E-state index in [4.69, 9.17) is 9.16 Å². The van der Waals surface area contributed by atoms with Gasteiger partial charge in [0, 0.05) is 19.4 Å². The monoisotopic (exact) mass is 258 g/mol. The van der Waals surface area contributed by atoms with Crippen LogP contribution in [0.1, 0.15) is 59.8 Å². The highest BCUT2D eigenvalue weighted by atomic mass is 28.4. The van der Waals surface area contributed by atoms with Crippen molar-refractivity contribution in [2.24, 2.45) is 0 Å². The Morgan fingerprint density at radius 3 is 2.00 bits per heavy atom. The Bertz CT molecular complexity index is 232. The normalized spacial score (nSPS) is 21.5. The number of hydrogen-bond acceptors (Lipinski definition) is 2. The molecule has 1 fully saturated rings. The van der Waals surface area contributed by atoms with Crippen molar-refractivity contribution in [3.8, 4) is 0 Å². The number of rotatable bonds is 4. The van der Waals surface area contributed by atoms with Gasteiger partial charge in [0.25, 0.3) is 0 Å². The lowest BCUT2D eigenvalue weighted by Gasteiger charge is -2.46. The van der Waals surface area contributed by atoms with Gasteiger partial charge in [0.2, 0.25) is 0 Å². The van der Waals surface area contributed by atoms with Gasteiger partial charge in [-0.25, -0.2) is 0 Å². The average molecular weight is 258 g/mol. The van der Waals surface area contributed by atoms with Crippen molar-refractivity contribution in [1.29, 1.82) is 0 Å². The molecule has 3 heteroatoms. The molecule has 0 radical (unpaired) electrons. The fourth-order valence-corrected chi connectivity index (χ4v) is 3.75. The second-order valence-electron chi connectivity index (χ2n) is 6.77. The maximum atomic E-state index is 6.59. The number of hydrogen-bond donors (Lipinski definition) is 0. The van der Waals surface area contributed by atoms with Gasteiger partial charge < -0.3 is 9.16 Å². The molecule has 1 rings (SSSR count). The van der Waals surface area contributed by atoms with Gasteiger partial charge in [-0.05, 0) is 37.9 Å². The van der Waals surface area contributed by atoms with Gasteiger partial charge in [0.05, 0.1) is 0 Å². The van der Waals surface area contributed by atoms with Crippen molar-refractivity contribution in [3.63, 3.8) is 0 Å². The molecule has 17 heavy (non-hydrogen) atoms. The van der Waals surface area contributed by atoms with E-state index in [0.717, 1.165) is 19.4 Å². The van der Waals surface area contributed by atoms with Crippen molar-refractivity contribution in [3.05, 3.63) is 0 Å². The van der Waals surface area contributed by atoms with E-state index in [0.29, 0.717) is 0 Å². The van der Waals surface area contributed by atoms with Gasteiger partial charge in [-0.2, -0.15) is 0 Å². The van der Waals surface area contributed by atoms with E-state index in [1.54, 1.807) is 0 Å². The molecule has 0 N–H and O–H groups in total. The highest BCUT2D eigenvalue weighted by molar-refractivity contribution is 6.74. The topological polar surface area (TPSA) is 18.5 Å². The van der Waals surface area contributed by atoms with E-state index in [1.165, 1.54) is 19.3 Å². The van der Waals surface area contributed by atoms with E-state index in [-0.39, 0.29) is 10.8 Å². The van der Waals surface area contributed by atoms with Crippen LogP contribution in [-0.2, 0) is 9.16 Å². The summed E-state index contributed by atoms with van der Waals surface area (Å²) in [5, 5.41) is 0.258. The molecule has 1 aliphatic rings. The molecule has 0 aromatic carbocycles. The van der Waals surface area contributed by atoms with Crippen molar-refractivity contribution >= 4 is 8.32 Å². The molecule has 0 aromatic heterocycles. The van der Waals surface area contributed by atoms with Gasteiger partial charge in [-0.3, -0.25) is 0 Å². The van der Waals surface area contributed by atoms with Crippen LogP contribution in [0.25, 0.3) is 0 Å². The smallest absolute Gasteiger partial charge is 0.195 e. The quantitative estimate of drug-likeness (QED) is 0.537. The Morgan fingerprint density at radius 2 is 1.59 bits per heavy atom. The Labute approximate surface area is 108 Å². The second kappa shape index (κ2) is 5.41. The lowest BCUT2D eigenvalue weighted by Crippen LogP contribution is -2.52. The van der Waals surface area contributed by atoms with Crippen LogP contribution in [0.5, 0.6) is 0 Å². The van der Waals surface area contributed by atoms with Crippen LogP contribution in [0.4, 0.5) is 0 Å². The Balaban J connectivity index is 2.79. The van der Waals surface area contributed by atoms with Gasteiger partial charge >= 0.3 is 0 Å². The van der Waals surface area contributed by atoms with E-state index in [1.807, 2.05) is 0 Å². The molecule has 0 bridgehead atoms. The average Bonchev–Trinajstić information content (AvgIpc) is 2.16. The zero-order valence-corrected chi connectivity index (χ0v) is 13.6. The predicted molar refractivity (Wildman–Crippen MR) is 75.7 cm³/mol. The molecule has 0 aliphatic heterocycles. The molecule has 0 saturated heterocycles. The summed E-state index contributed by atoms with van der Waals surface area (Å²) in [5.74, 6) is -0.268. The molecule has 2 nitrogen and oxygen atoms in total. The maximum absolute atomic E-state index is 6.59. The van der Waals surface area contributed by atoms with Crippen molar-refractivity contribution < 1.29 is 9.16 Å². The summed E-state index contributed by atoms with van der Waals surface area (Å²) in [6.45, 7) is 14.4. The fourth-order valence-electron chi connectivity index (χ4n) is 2.25. The largest absolute Gasteiger partial charge is 0.390 e. The molecule has 1 saturated carbocycles. The Morgan fingerprint density at radius 1 is 1.06 bits per heavy atom. The maximum Gasteiger partial charge on any atom is 0.195 e. The summed E-state index contributed by atoms with van der Waals surface area (Å²) >= 11 is 0. The molecular weight excluding hydrogens is 228 g/mol. The van der Waals surface area contributed by atoms with Gasteiger partial charge in [-0.1, -0.05) is 27.2 Å². The third kappa shape index (κ3) is 3.80. The summed E-state index contributed by atoms with van der Waals surface area (Å²) in [7, 11) is -1.73. The SMILES string of the molecule is CCOC1(O[Si](C)(C)C(C)(C)C)CCCCC1. The van der Waals surface area contributed by atoms with Gasteiger partial charge in [-0.15, -0.1) is 0 Å². The molecule has 0 unspecified atom stereocenters. The molecule has 0 aromatic rings. The van der Waals surface area contributed by atoms with Gasteiger partial charge in [0.15, 0.2) is 14.1 Å². The van der Waals surface area contributed by atoms with E-state index in [2.05, 4.69) is 40.8 Å². The van der Waals surface area contributed by atoms with E-state index >= 15 is 0 Å². The van der Waals surface area contributed by atoms with Crippen LogP contribution in [0.15, 0.2) is 0 Å². The summed E-state index contributed by atoms with van der Waals surface area (Å²) in [5.41, 5.74) is 0. The summed E-state index contributed by atoms with van der Waals surface area (Å²) in [6, 6.07) is 0. The zero-order chi connectivity index (χ0) is 13.2. The van der Waals surface area contributed by atoms with Crippen LogP contribution in [-0.4, -0.2) is 20.7 Å². The van der Waals surface area contributed by atoms with Crippen molar-refractivity contribution in [2.45, 2.75) is 83.7 Å². The minimum Gasteiger partial charge on any atom is -0.390 e. The highest BCUT2D eigenvalue weighted by Gasteiger charge is 2.45. The molecular formula is C14H30O2Si. The molecule has 0 amide bonds. The van der Waals surface area contributed by atoms with Crippen LogP contribution >= 0.6 is 0 Å². The van der Waals surface area contributed by atoms with Crippen LogP contribution in [0.2, 0.25) is 18.1 Å². The standard InChI is InChI=1S/C14H30O2Si/c1-7-15-14(11-9-8-10-12-14)16-17(5,6)13(2,3)4/h7-12H2,1-6H3. The van der Waals surface area contributed by atoms with Crippen molar-refractivity contribution in [2.75, 3.05) is 6.61 Å². The zero-order valence-electron chi connectivity index (χ0n) is 12.6. The first-order chi connectivity index (χ1) is 7.72. The first-order valence-electron chi connectivity index (χ1n) is 7.07. The van der Waals surface area contributed by atoms with Crippen LogP contribution in [0.3, 0.4) is 0 Å². The van der Waals surface area contributed by atoms with E-state index < -0.39 is 8.32 Å². The first-order valence-corrected chi connectivity index (χ1v) is 9.97. The third-order valence-corrected chi connectivity index (χ3v) is 8.76. The van der Waals surface area contributed by atoms with Crippen LogP contribution in [0, 0.1) is 0 Å². The number of ether oxygens (including phenoxy) is 1. The Kier molecular flexibility index (Phi) is 4.84. The minimum atomic E-state index is -1.73. The molecule has 102 valence electrons. The lowest BCUT2D eigenvalue weighted by atomic mass is 9.94.